The highest BCUT2D eigenvalue weighted by atomic mass is 32.2. The van der Waals surface area contributed by atoms with E-state index in [1.54, 1.807) is 0 Å². The van der Waals surface area contributed by atoms with Gasteiger partial charge in [-0.3, -0.25) is 0 Å². The monoisotopic (exact) mass is 210 g/mol. The van der Waals surface area contributed by atoms with E-state index >= 15 is 0 Å². The highest BCUT2D eigenvalue weighted by Crippen LogP contribution is 2.25. The minimum atomic E-state index is 0.315. The molecule has 0 radical (unpaired) electrons. The van der Waals surface area contributed by atoms with E-state index in [4.69, 9.17) is 5.26 Å². The van der Waals surface area contributed by atoms with Crippen molar-refractivity contribution in [1.82, 2.24) is 5.32 Å². The van der Waals surface area contributed by atoms with E-state index in [0.29, 0.717) is 12.0 Å². The third kappa shape index (κ3) is 2.65. The molecule has 0 aromatic carbocycles. The molecule has 2 rings (SSSR count). The molecule has 0 bridgehead atoms. The lowest BCUT2D eigenvalue weighted by molar-refractivity contribution is 0.308. The fourth-order valence-corrected chi connectivity index (χ4v) is 3.62. The van der Waals surface area contributed by atoms with Gasteiger partial charge in [-0.2, -0.15) is 17.0 Å². The molecule has 78 valence electrons. The summed E-state index contributed by atoms with van der Waals surface area (Å²) in [4.78, 5) is 0. The molecule has 1 saturated carbocycles. The van der Waals surface area contributed by atoms with Crippen LogP contribution in [0.1, 0.15) is 32.1 Å². The Morgan fingerprint density at radius 2 is 2.14 bits per heavy atom. The molecule has 2 aliphatic rings. The van der Waals surface area contributed by atoms with Crippen LogP contribution >= 0.6 is 11.8 Å². The van der Waals surface area contributed by atoms with Crippen LogP contribution in [0.25, 0.3) is 0 Å². The minimum Gasteiger partial charge on any atom is -0.310 e. The Balaban J connectivity index is 1.77. The maximum absolute atomic E-state index is 8.89. The third-order valence-electron chi connectivity index (χ3n) is 3.26. The van der Waals surface area contributed by atoms with Crippen molar-refractivity contribution < 1.29 is 0 Å². The van der Waals surface area contributed by atoms with E-state index < -0.39 is 0 Å². The molecule has 1 saturated heterocycles. The van der Waals surface area contributed by atoms with Crippen LogP contribution in [0.3, 0.4) is 0 Å². The van der Waals surface area contributed by atoms with Gasteiger partial charge in [0.2, 0.25) is 0 Å². The van der Waals surface area contributed by atoms with E-state index in [0.717, 1.165) is 18.9 Å². The maximum Gasteiger partial charge on any atom is 0.0656 e. The van der Waals surface area contributed by atoms with Crippen molar-refractivity contribution in [2.75, 3.05) is 11.5 Å². The Hall–Kier alpha value is -0.200. The molecule has 0 amide bonds. The van der Waals surface area contributed by atoms with Crippen molar-refractivity contribution in [3.05, 3.63) is 0 Å². The van der Waals surface area contributed by atoms with Gasteiger partial charge in [-0.25, -0.2) is 0 Å². The van der Waals surface area contributed by atoms with E-state index in [-0.39, 0.29) is 0 Å². The van der Waals surface area contributed by atoms with E-state index in [9.17, 15) is 0 Å². The Labute approximate surface area is 90.4 Å². The number of hydrogen-bond acceptors (Lipinski definition) is 3. The lowest BCUT2D eigenvalue weighted by Crippen LogP contribution is -2.41. The largest absolute Gasteiger partial charge is 0.310 e. The predicted molar refractivity (Wildman–Crippen MR) is 60.2 cm³/mol. The second kappa shape index (κ2) is 5.04. The second-order valence-corrected chi connectivity index (χ2v) is 5.57. The zero-order valence-electron chi connectivity index (χ0n) is 8.54. The summed E-state index contributed by atoms with van der Waals surface area (Å²) < 4.78 is 0. The SMILES string of the molecule is N#CC1CCCC(NC2CCSC2)C1. The molecule has 3 heteroatoms. The van der Waals surface area contributed by atoms with Crippen LogP contribution in [0.15, 0.2) is 0 Å². The third-order valence-corrected chi connectivity index (χ3v) is 4.42. The quantitative estimate of drug-likeness (QED) is 0.758. The summed E-state index contributed by atoms with van der Waals surface area (Å²) in [5, 5.41) is 12.6. The van der Waals surface area contributed by atoms with Crippen molar-refractivity contribution in [3.8, 4) is 6.07 Å². The van der Waals surface area contributed by atoms with Crippen molar-refractivity contribution in [3.63, 3.8) is 0 Å². The standard InChI is InChI=1S/C11H18N2S/c12-7-9-2-1-3-10(6-9)13-11-4-5-14-8-11/h9-11,13H,1-6,8H2. The van der Waals surface area contributed by atoms with Gasteiger partial charge in [-0.15, -0.1) is 0 Å². The average molecular weight is 210 g/mol. The Morgan fingerprint density at radius 3 is 2.86 bits per heavy atom. The van der Waals surface area contributed by atoms with E-state index in [1.165, 1.54) is 30.8 Å². The summed E-state index contributed by atoms with van der Waals surface area (Å²) in [6.45, 7) is 0. The van der Waals surface area contributed by atoms with Crippen LogP contribution in [0.2, 0.25) is 0 Å². The molecular weight excluding hydrogens is 192 g/mol. The Morgan fingerprint density at radius 1 is 1.21 bits per heavy atom. The van der Waals surface area contributed by atoms with Gasteiger partial charge in [0.05, 0.1) is 6.07 Å². The van der Waals surface area contributed by atoms with Gasteiger partial charge < -0.3 is 5.32 Å². The summed E-state index contributed by atoms with van der Waals surface area (Å²) in [5.41, 5.74) is 0. The molecule has 2 nitrogen and oxygen atoms in total. The summed E-state index contributed by atoms with van der Waals surface area (Å²) in [5.74, 6) is 2.90. The topological polar surface area (TPSA) is 35.8 Å². The first kappa shape index (κ1) is 10.3. The molecule has 3 atom stereocenters. The number of thioether (sulfide) groups is 1. The van der Waals surface area contributed by atoms with Gasteiger partial charge in [0.15, 0.2) is 0 Å². The smallest absolute Gasteiger partial charge is 0.0656 e. The van der Waals surface area contributed by atoms with Crippen LogP contribution < -0.4 is 5.32 Å². The number of rotatable bonds is 2. The zero-order valence-corrected chi connectivity index (χ0v) is 9.35. The van der Waals surface area contributed by atoms with Crippen LogP contribution in [-0.4, -0.2) is 23.6 Å². The van der Waals surface area contributed by atoms with Crippen LogP contribution in [0.4, 0.5) is 0 Å². The lowest BCUT2D eigenvalue weighted by Gasteiger charge is -2.28. The number of nitrogens with zero attached hydrogens (tertiary/aromatic N) is 1. The van der Waals surface area contributed by atoms with E-state index in [2.05, 4.69) is 11.4 Å². The molecule has 1 aliphatic carbocycles. The normalized spacial score (nSPS) is 38.1. The van der Waals surface area contributed by atoms with Crippen molar-refractivity contribution in [1.29, 1.82) is 5.26 Å². The van der Waals surface area contributed by atoms with Gasteiger partial charge in [0.25, 0.3) is 0 Å². The summed E-state index contributed by atoms with van der Waals surface area (Å²) >= 11 is 2.05. The van der Waals surface area contributed by atoms with Gasteiger partial charge >= 0.3 is 0 Å². The van der Waals surface area contributed by atoms with Crippen LogP contribution in [0.5, 0.6) is 0 Å². The van der Waals surface area contributed by atoms with Crippen LogP contribution in [0, 0.1) is 17.2 Å². The average Bonchev–Trinajstić information content (AvgIpc) is 2.71. The highest BCUT2D eigenvalue weighted by Gasteiger charge is 2.25. The Bertz CT molecular complexity index is 218. The van der Waals surface area contributed by atoms with Crippen molar-refractivity contribution >= 4 is 11.8 Å². The fourth-order valence-electron chi connectivity index (χ4n) is 2.46. The molecule has 3 unspecified atom stereocenters. The summed E-state index contributed by atoms with van der Waals surface area (Å²) in [7, 11) is 0. The number of nitrogens with one attached hydrogen (secondary N) is 1. The maximum atomic E-state index is 8.89. The van der Waals surface area contributed by atoms with Gasteiger partial charge in [0.1, 0.15) is 0 Å². The van der Waals surface area contributed by atoms with Gasteiger partial charge in [0, 0.05) is 23.8 Å². The van der Waals surface area contributed by atoms with Crippen molar-refractivity contribution in [2.45, 2.75) is 44.2 Å². The molecule has 2 fully saturated rings. The molecule has 0 spiro atoms. The first-order valence-corrected chi connectivity index (χ1v) is 6.77. The first-order chi connectivity index (χ1) is 6.88. The predicted octanol–water partition coefficient (Wildman–Crippen LogP) is 2.16. The molecular formula is C11H18N2S. The lowest BCUT2D eigenvalue weighted by atomic mass is 9.86. The molecule has 1 N–H and O–H groups in total. The summed E-state index contributed by atoms with van der Waals surface area (Å²) in [6.07, 6.45) is 6.03. The van der Waals surface area contributed by atoms with Crippen LogP contribution in [-0.2, 0) is 0 Å². The zero-order chi connectivity index (χ0) is 9.80. The van der Waals surface area contributed by atoms with Crippen molar-refractivity contribution in [2.24, 2.45) is 5.92 Å². The number of nitriles is 1. The summed E-state index contributed by atoms with van der Waals surface area (Å²) in [6, 6.07) is 3.76. The van der Waals surface area contributed by atoms with Gasteiger partial charge in [-0.05, 0) is 31.4 Å². The first-order valence-electron chi connectivity index (χ1n) is 5.62. The molecule has 1 heterocycles. The Kier molecular flexibility index (Phi) is 3.72. The second-order valence-electron chi connectivity index (χ2n) is 4.42. The van der Waals surface area contributed by atoms with Gasteiger partial charge in [-0.1, -0.05) is 6.42 Å². The molecule has 0 aromatic rings. The number of hydrogen-bond donors (Lipinski definition) is 1. The minimum absolute atomic E-state index is 0.315. The fraction of sp³-hybridized carbons (Fsp3) is 0.909. The molecule has 14 heavy (non-hydrogen) atoms. The highest BCUT2D eigenvalue weighted by molar-refractivity contribution is 7.99. The molecule has 0 aromatic heterocycles. The van der Waals surface area contributed by atoms with E-state index in [1.807, 2.05) is 11.8 Å². The molecule has 1 aliphatic heterocycles.